The Morgan fingerprint density at radius 1 is 1.27 bits per heavy atom. The first-order valence-electron chi connectivity index (χ1n) is 4.78. The van der Waals surface area contributed by atoms with Crippen LogP contribution in [0.25, 0.3) is 5.69 Å². The molecule has 0 radical (unpaired) electrons. The molecule has 2 rings (SSSR count). The van der Waals surface area contributed by atoms with Crippen LogP contribution in [-0.4, -0.2) is 20.2 Å². The van der Waals surface area contributed by atoms with Crippen LogP contribution in [0, 0.1) is 13.8 Å². The number of nitrogens with zero attached hydrogens (tertiary/aromatic N) is 4. The van der Waals surface area contributed by atoms with Crippen LogP contribution >= 0.6 is 0 Å². The predicted octanol–water partition coefficient (Wildman–Crippen LogP) is 0.738. The van der Waals surface area contributed by atoms with E-state index in [4.69, 9.17) is 5.73 Å². The quantitative estimate of drug-likeness (QED) is 0.781. The summed E-state index contributed by atoms with van der Waals surface area (Å²) >= 11 is 0. The van der Waals surface area contributed by atoms with E-state index in [-0.39, 0.29) is 0 Å². The van der Waals surface area contributed by atoms with Crippen molar-refractivity contribution >= 4 is 0 Å². The van der Waals surface area contributed by atoms with Crippen LogP contribution in [0.3, 0.4) is 0 Å². The molecular weight excluding hydrogens is 190 g/mol. The molecule has 0 aliphatic rings. The molecule has 0 aliphatic heterocycles. The van der Waals surface area contributed by atoms with E-state index in [0.29, 0.717) is 12.4 Å². The second-order valence-electron chi connectivity index (χ2n) is 3.45. The molecule has 0 saturated heterocycles. The second-order valence-corrected chi connectivity index (χ2v) is 3.45. The van der Waals surface area contributed by atoms with Gasteiger partial charge in [0.05, 0.1) is 12.2 Å². The van der Waals surface area contributed by atoms with Crippen molar-refractivity contribution < 1.29 is 0 Å². The summed E-state index contributed by atoms with van der Waals surface area (Å²) in [6.45, 7) is 4.40. The van der Waals surface area contributed by atoms with E-state index in [2.05, 4.69) is 15.5 Å². The summed E-state index contributed by atoms with van der Waals surface area (Å²) in [6, 6.07) is 6.08. The molecule has 1 aromatic heterocycles. The second kappa shape index (κ2) is 3.78. The number of aryl methyl sites for hydroxylation is 2. The minimum absolute atomic E-state index is 0.334. The molecule has 2 aromatic rings. The fourth-order valence-electron chi connectivity index (χ4n) is 1.65. The van der Waals surface area contributed by atoms with Gasteiger partial charge in [-0.15, -0.1) is 5.10 Å². The molecule has 78 valence electrons. The van der Waals surface area contributed by atoms with Crippen molar-refractivity contribution in [3.05, 3.63) is 35.2 Å². The maximum Gasteiger partial charge on any atom is 0.170 e. The van der Waals surface area contributed by atoms with Gasteiger partial charge in [0.15, 0.2) is 5.82 Å². The van der Waals surface area contributed by atoms with Gasteiger partial charge in [-0.3, -0.25) is 0 Å². The minimum Gasteiger partial charge on any atom is -0.324 e. The third kappa shape index (κ3) is 1.61. The number of tetrazole rings is 1. The van der Waals surface area contributed by atoms with Gasteiger partial charge in [-0.25, -0.2) is 0 Å². The molecule has 0 atom stereocenters. The zero-order valence-electron chi connectivity index (χ0n) is 8.81. The van der Waals surface area contributed by atoms with Crippen molar-refractivity contribution in [3.8, 4) is 5.69 Å². The largest absolute Gasteiger partial charge is 0.324 e. The molecule has 1 aromatic carbocycles. The highest BCUT2D eigenvalue weighted by atomic mass is 15.5. The van der Waals surface area contributed by atoms with E-state index in [1.165, 1.54) is 0 Å². The van der Waals surface area contributed by atoms with Crippen LogP contribution in [-0.2, 0) is 6.54 Å². The fourth-order valence-corrected chi connectivity index (χ4v) is 1.65. The fraction of sp³-hybridized carbons (Fsp3) is 0.300. The molecule has 5 heteroatoms. The molecule has 5 nitrogen and oxygen atoms in total. The first kappa shape index (κ1) is 9.79. The van der Waals surface area contributed by atoms with Crippen LogP contribution in [0.2, 0.25) is 0 Å². The van der Waals surface area contributed by atoms with Crippen LogP contribution in [0.4, 0.5) is 0 Å². The monoisotopic (exact) mass is 203 g/mol. The van der Waals surface area contributed by atoms with Gasteiger partial charge in [-0.1, -0.05) is 18.2 Å². The van der Waals surface area contributed by atoms with Crippen molar-refractivity contribution in [1.82, 2.24) is 20.2 Å². The van der Waals surface area contributed by atoms with Gasteiger partial charge in [-0.05, 0) is 35.4 Å². The topological polar surface area (TPSA) is 69.6 Å². The summed E-state index contributed by atoms with van der Waals surface area (Å²) in [7, 11) is 0. The highest BCUT2D eigenvalue weighted by Crippen LogP contribution is 2.18. The molecule has 0 bridgehead atoms. The smallest absolute Gasteiger partial charge is 0.170 e. The number of hydrogen-bond acceptors (Lipinski definition) is 4. The molecule has 0 aliphatic carbocycles. The summed E-state index contributed by atoms with van der Waals surface area (Å²) in [5.74, 6) is 0.674. The Balaban J connectivity index is 2.63. The average molecular weight is 203 g/mol. The molecule has 0 amide bonds. The third-order valence-corrected chi connectivity index (χ3v) is 2.37. The van der Waals surface area contributed by atoms with Crippen molar-refractivity contribution in [2.75, 3.05) is 0 Å². The molecule has 0 saturated carbocycles. The third-order valence-electron chi connectivity index (χ3n) is 2.37. The normalized spacial score (nSPS) is 10.6. The number of rotatable bonds is 2. The molecule has 2 N–H and O–H groups in total. The first-order valence-corrected chi connectivity index (χ1v) is 4.78. The lowest BCUT2D eigenvalue weighted by Crippen LogP contribution is -2.10. The van der Waals surface area contributed by atoms with Gasteiger partial charge < -0.3 is 5.73 Å². The van der Waals surface area contributed by atoms with Crippen LogP contribution in [0.5, 0.6) is 0 Å². The standard InChI is InChI=1S/C10H13N5/c1-7-4-3-5-8(2)10(7)15-9(6-11)12-13-14-15/h3-5H,6,11H2,1-2H3. The Morgan fingerprint density at radius 3 is 2.53 bits per heavy atom. The highest BCUT2D eigenvalue weighted by Gasteiger charge is 2.10. The van der Waals surface area contributed by atoms with E-state index in [1.54, 1.807) is 4.68 Å². The summed E-state index contributed by atoms with van der Waals surface area (Å²) in [4.78, 5) is 0. The minimum atomic E-state index is 0.334. The van der Waals surface area contributed by atoms with Crippen molar-refractivity contribution in [2.45, 2.75) is 20.4 Å². The van der Waals surface area contributed by atoms with Gasteiger partial charge in [-0.2, -0.15) is 4.68 Å². The van der Waals surface area contributed by atoms with Gasteiger partial charge in [0, 0.05) is 0 Å². The van der Waals surface area contributed by atoms with E-state index in [1.807, 2.05) is 32.0 Å². The number of hydrogen-bond donors (Lipinski definition) is 1. The SMILES string of the molecule is Cc1cccc(C)c1-n1nnnc1CN. The Bertz CT molecular complexity index is 454. The lowest BCUT2D eigenvalue weighted by molar-refractivity contribution is 0.753. The number of para-hydroxylation sites is 1. The van der Waals surface area contributed by atoms with Crippen LogP contribution in [0.1, 0.15) is 17.0 Å². The maximum atomic E-state index is 5.57. The number of benzene rings is 1. The van der Waals surface area contributed by atoms with Gasteiger partial charge in [0.2, 0.25) is 0 Å². The van der Waals surface area contributed by atoms with Gasteiger partial charge in [0.1, 0.15) is 0 Å². The Morgan fingerprint density at radius 2 is 1.93 bits per heavy atom. The zero-order chi connectivity index (χ0) is 10.8. The Labute approximate surface area is 87.9 Å². The summed E-state index contributed by atoms with van der Waals surface area (Å²) in [5, 5.41) is 11.5. The van der Waals surface area contributed by atoms with Gasteiger partial charge >= 0.3 is 0 Å². The zero-order valence-corrected chi connectivity index (χ0v) is 8.81. The van der Waals surface area contributed by atoms with Crippen molar-refractivity contribution in [3.63, 3.8) is 0 Å². The number of aromatic nitrogens is 4. The highest BCUT2D eigenvalue weighted by molar-refractivity contribution is 5.46. The molecule has 1 heterocycles. The van der Waals surface area contributed by atoms with E-state index in [9.17, 15) is 0 Å². The van der Waals surface area contributed by atoms with Crippen LogP contribution < -0.4 is 5.73 Å². The lowest BCUT2D eigenvalue weighted by atomic mass is 10.1. The Hall–Kier alpha value is -1.75. The lowest BCUT2D eigenvalue weighted by Gasteiger charge is -2.09. The molecular formula is C10H13N5. The van der Waals surface area contributed by atoms with Crippen LogP contribution in [0.15, 0.2) is 18.2 Å². The number of nitrogens with two attached hydrogens (primary N) is 1. The maximum absolute atomic E-state index is 5.57. The molecule has 15 heavy (non-hydrogen) atoms. The van der Waals surface area contributed by atoms with Gasteiger partial charge in [0.25, 0.3) is 0 Å². The summed E-state index contributed by atoms with van der Waals surface area (Å²) < 4.78 is 1.70. The molecule has 0 fully saturated rings. The first-order chi connectivity index (χ1) is 7.24. The predicted molar refractivity (Wildman–Crippen MR) is 56.5 cm³/mol. The molecule has 0 spiro atoms. The van der Waals surface area contributed by atoms with E-state index >= 15 is 0 Å². The molecule has 0 unspecified atom stereocenters. The summed E-state index contributed by atoms with van der Waals surface area (Å²) in [5.41, 5.74) is 8.86. The summed E-state index contributed by atoms with van der Waals surface area (Å²) in [6.07, 6.45) is 0. The Kier molecular flexibility index (Phi) is 2.47. The average Bonchev–Trinajstić information content (AvgIpc) is 2.65. The van der Waals surface area contributed by atoms with E-state index in [0.717, 1.165) is 16.8 Å². The van der Waals surface area contributed by atoms with Crippen molar-refractivity contribution in [1.29, 1.82) is 0 Å². The van der Waals surface area contributed by atoms with E-state index < -0.39 is 0 Å². The van der Waals surface area contributed by atoms with Crippen molar-refractivity contribution in [2.24, 2.45) is 5.73 Å².